The van der Waals surface area contributed by atoms with Crippen molar-refractivity contribution in [3.05, 3.63) is 59.7 Å². The second kappa shape index (κ2) is 7.91. The smallest absolute Gasteiger partial charge is 0.261 e. The Balaban J connectivity index is 1.77. The molecule has 1 heterocycles. The molecule has 3 rings (SSSR count). The number of aryl methyl sites for hydroxylation is 1. The number of likely N-dealkylation sites (tertiary alicyclic amines) is 1. The topological polar surface area (TPSA) is 66.5 Å². The van der Waals surface area contributed by atoms with Crippen molar-refractivity contribution in [2.45, 2.75) is 37.5 Å². The molecule has 0 bridgehead atoms. The van der Waals surface area contributed by atoms with Crippen LogP contribution in [0.1, 0.15) is 42.1 Å². The first-order chi connectivity index (χ1) is 12.5. The van der Waals surface area contributed by atoms with Crippen LogP contribution in [-0.2, 0) is 16.4 Å². The number of benzene rings is 2. The van der Waals surface area contributed by atoms with E-state index in [2.05, 4.69) is 4.72 Å². The molecule has 138 valence electrons. The first kappa shape index (κ1) is 18.5. The number of piperidine rings is 1. The van der Waals surface area contributed by atoms with E-state index in [1.807, 2.05) is 24.0 Å². The van der Waals surface area contributed by atoms with Crippen LogP contribution in [0.2, 0.25) is 0 Å². The molecule has 2 aromatic carbocycles. The van der Waals surface area contributed by atoms with E-state index in [0.717, 1.165) is 44.3 Å². The molecule has 5 nitrogen and oxygen atoms in total. The number of rotatable bonds is 5. The number of carbonyl (C=O) groups excluding carboxylic acids is 1. The number of hydrogen-bond donors (Lipinski definition) is 1. The number of nitrogens with zero attached hydrogens (tertiary/aromatic N) is 1. The molecule has 6 heteroatoms. The molecule has 1 saturated heterocycles. The Morgan fingerprint density at radius 1 is 1.00 bits per heavy atom. The van der Waals surface area contributed by atoms with Gasteiger partial charge < -0.3 is 4.90 Å². The number of sulfonamides is 1. The normalized spacial score (nSPS) is 14.9. The summed E-state index contributed by atoms with van der Waals surface area (Å²) < 4.78 is 27.9. The number of carbonyl (C=O) groups is 1. The molecule has 0 unspecified atom stereocenters. The molecule has 1 aliphatic heterocycles. The zero-order chi connectivity index (χ0) is 18.6. The van der Waals surface area contributed by atoms with Crippen LogP contribution in [0.15, 0.2) is 53.4 Å². The van der Waals surface area contributed by atoms with Crippen LogP contribution in [0.25, 0.3) is 0 Å². The van der Waals surface area contributed by atoms with Gasteiger partial charge in [0.15, 0.2) is 0 Å². The fourth-order valence-corrected chi connectivity index (χ4v) is 4.29. The first-order valence-corrected chi connectivity index (χ1v) is 10.5. The van der Waals surface area contributed by atoms with E-state index in [1.165, 1.54) is 12.1 Å². The summed E-state index contributed by atoms with van der Waals surface area (Å²) in [6.07, 6.45) is 3.95. The largest absolute Gasteiger partial charge is 0.339 e. The zero-order valence-corrected chi connectivity index (χ0v) is 15.8. The fraction of sp³-hybridized carbons (Fsp3) is 0.350. The Bertz CT molecular complexity index is 870. The molecular weight excluding hydrogens is 348 g/mol. The second-order valence-electron chi connectivity index (χ2n) is 6.49. The molecule has 0 saturated carbocycles. The lowest BCUT2D eigenvalue weighted by Crippen LogP contribution is -2.35. The molecule has 1 aliphatic rings. The van der Waals surface area contributed by atoms with Crippen molar-refractivity contribution >= 4 is 21.6 Å². The van der Waals surface area contributed by atoms with Crippen molar-refractivity contribution in [1.82, 2.24) is 4.90 Å². The number of anilines is 1. The van der Waals surface area contributed by atoms with Crippen molar-refractivity contribution in [2.24, 2.45) is 0 Å². The predicted molar refractivity (Wildman–Crippen MR) is 103 cm³/mol. The van der Waals surface area contributed by atoms with Crippen LogP contribution >= 0.6 is 0 Å². The maximum absolute atomic E-state index is 12.6. The van der Waals surface area contributed by atoms with Gasteiger partial charge in [-0.1, -0.05) is 25.1 Å². The van der Waals surface area contributed by atoms with Crippen LogP contribution in [-0.4, -0.2) is 32.3 Å². The number of para-hydroxylation sites is 1. The maximum atomic E-state index is 12.6. The summed E-state index contributed by atoms with van der Waals surface area (Å²) in [4.78, 5) is 14.5. The summed E-state index contributed by atoms with van der Waals surface area (Å²) in [5, 5.41) is 0. The quantitative estimate of drug-likeness (QED) is 0.871. The van der Waals surface area contributed by atoms with E-state index in [9.17, 15) is 13.2 Å². The minimum Gasteiger partial charge on any atom is -0.339 e. The van der Waals surface area contributed by atoms with Gasteiger partial charge in [-0.15, -0.1) is 0 Å². The Morgan fingerprint density at radius 3 is 2.31 bits per heavy atom. The summed E-state index contributed by atoms with van der Waals surface area (Å²) in [6, 6.07) is 13.5. The molecule has 2 aromatic rings. The van der Waals surface area contributed by atoms with Crippen LogP contribution in [0, 0.1) is 0 Å². The minimum absolute atomic E-state index is 0.0297. The van der Waals surface area contributed by atoms with Gasteiger partial charge in [0.25, 0.3) is 15.9 Å². The monoisotopic (exact) mass is 372 g/mol. The maximum Gasteiger partial charge on any atom is 0.261 e. The average Bonchev–Trinajstić information content (AvgIpc) is 2.68. The highest BCUT2D eigenvalue weighted by Gasteiger charge is 2.20. The molecule has 1 fully saturated rings. The van der Waals surface area contributed by atoms with E-state index in [-0.39, 0.29) is 10.8 Å². The van der Waals surface area contributed by atoms with Crippen molar-refractivity contribution in [2.75, 3.05) is 17.8 Å². The SMILES string of the molecule is CCc1ccccc1NS(=O)(=O)c1ccc(C(=O)N2CCCCC2)cc1. The van der Waals surface area contributed by atoms with Crippen LogP contribution in [0.5, 0.6) is 0 Å². The summed E-state index contributed by atoms with van der Waals surface area (Å²) in [5.41, 5.74) is 2.05. The van der Waals surface area contributed by atoms with Crippen LogP contribution in [0.4, 0.5) is 5.69 Å². The van der Waals surface area contributed by atoms with E-state index >= 15 is 0 Å². The molecule has 0 spiro atoms. The molecule has 0 aromatic heterocycles. The van der Waals surface area contributed by atoms with E-state index < -0.39 is 10.0 Å². The minimum atomic E-state index is -3.69. The van der Waals surface area contributed by atoms with Gasteiger partial charge in [0.1, 0.15) is 0 Å². The molecule has 1 amide bonds. The van der Waals surface area contributed by atoms with Gasteiger partial charge in [-0.3, -0.25) is 9.52 Å². The molecular formula is C20H24N2O3S. The lowest BCUT2D eigenvalue weighted by atomic mass is 10.1. The Morgan fingerprint density at radius 2 is 1.65 bits per heavy atom. The van der Waals surface area contributed by atoms with Gasteiger partial charge in [0.2, 0.25) is 0 Å². The molecule has 1 N–H and O–H groups in total. The van der Waals surface area contributed by atoms with E-state index in [4.69, 9.17) is 0 Å². The standard InChI is InChI=1S/C20H24N2O3S/c1-2-16-8-4-5-9-19(16)21-26(24,25)18-12-10-17(11-13-18)20(23)22-14-6-3-7-15-22/h4-5,8-13,21H,2-3,6-7,14-15H2,1H3. The first-order valence-electron chi connectivity index (χ1n) is 9.01. The third-order valence-electron chi connectivity index (χ3n) is 4.70. The van der Waals surface area contributed by atoms with Crippen molar-refractivity contribution in [3.8, 4) is 0 Å². The Labute approximate surface area is 155 Å². The fourth-order valence-electron chi connectivity index (χ4n) is 3.19. The van der Waals surface area contributed by atoms with Gasteiger partial charge in [-0.05, 0) is 61.6 Å². The summed E-state index contributed by atoms with van der Waals surface area (Å²) >= 11 is 0. The van der Waals surface area contributed by atoms with Gasteiger partial charge >= 0.3 is 0 Å². The molecule has 0 aliphatic carbocycles. The van der Waals surface area contributed by atoms with Crippen molar-refractivity contribution in [3.63, 3.8) is 0 Å². The van der Waals surface area contributed by atoms with E-state index in [0.29, 0.717) is 11.3 Å². The highest BCUT2D eigenvalue weighted by Crippen LogP contribution is 2.21. The second-order valence-corrected chi connectivity index (χ2v) is 8.18. The molecule has 26 heavy (non-hydrogen) atoms. The van der Waals surface area contributed by atoms with Gasteiger partial charge in [0.05, 0.1) is 10.6 Å². The highest BCUT2D eigenvalue weighted by atomic mass is 32.2. The third-order valence-corrected chi connectivity index (χ3v) is 6.08. The predicted octanol–water partition coefficient (Wildman–Crippen LogP) is 3.68. The number of amides is 1. The van der Waals surface area contributed by atoms with Crippen molar-refractivity contribution in [1.29, 1.82) is 0 Å². The lowest BCUT2D eigenvalue weighted by molar-refractivity contribution is 0.0724. The zero-order valence-electron chi connectivity index (χ0n) is 14.9. The third kappa shape index (κ3) is 4.07. The van der Waals surface area contributed by atoms with Crippen molar-refractivity contribution < 1.29 is 13.2 Å². The Hall–Kier alpha value is -2.34. The summed E-state index contributed by atoms with van der Waals surface area (Å²) in [7, 11) is -3.69. The van der Waals surface area contributed by atoms with Crippen LogP contribution < -0.4 is 4.72 Å². The molecule has 0 radical (unpaired) electrons. The van der Waals surface area contributed by atoms with E-state index in [1.54, 1.807) is 24.3 Å². The summed E-state index contributed by atoms with van der Waals surface area (Å²) in [6.45, 7) is 3.52. The van der Waals surface area contributed by atoms with Gasteiger partial charge in [-0.2, -0.15) is 0 Å². The number of hydrogen-bond acceptors (Lipinski definition) is 3. The molecule has 0 atom stereocenters. The van der Waals surface area contributed by atoms with Gasteiger partial charge in [0, 0.05) is 18.7 Å². The summed E-state index contributed by atoms with van der Waals surface area (Å²) in [5.74, 6) is -0.0297. The number of nitrogens with one attached hydrogen (secondary N) is 1. The highest BCUT2D eigenvalue weighted by molar-refractivity contribution is 7.92. The Kier molecular flexibility index (Phi) is 5.61. The lowest BCUT2D eigenvalue weighted by Gasteiger charge is -2.26. The van der Waals surface area contributed by atoms with Crippen LogP contribution in [0.3, 0.4) is 0 Å². The average molecular weight is 372 g/mol. The van der Waals surface area contributed by atoms with Gasteiger partial charge in [-0.25, -0.2) is 8.42 Å².